The van der Waals surface area contributed by atoms with Gasteiger partial charge in [-0.3, -0.25) is 4.68 Å². The number of nitrogens with zero attached hydrogens (tertiary/aromatic N) is 2. The number of benzene rings is 1. The Bertz CT molecular complexity index is 573. The van der Waals surface area contributed by atoms with Gasteiger partial charge in [-0.05, 0) is 37.0 Å². The highest BCUT2D eigenvalue weighted by Crippen LogP contribution is 2.20. The van der Waals surface area contributed by atoms with Crippen LogP contribution in [0.1, 0.15) is 29.5 Å². The zero-order chi connectivity index (χ0) is 13.2. The lowest BCUT2D eigenvalue weighted by molar-refractivity contribution is 0.675. The predicted octanol–water partition coefficient (Wildman–Crippen LogP) is 3.15. The largest absolute Gasteiger partial charge is 0.310 e. The van der Waals surface area contributed by atoms with Gasteiger partial charge in [0.1, 0.15) is 0 Å². The second-order valence-corrected chi connectivity index (χ2v) is 5.70. The summed E-state index contributed by atoms with van der Waals surface area (Å²) < 4.78 is 1.94. The molecule has 1 N–H and O–H groups in total. The van der Waals surface area contributed by atoms with E-state index in [1.165, 1.54) is 24.0 Å². The SMILES string of the molecule is Cc1ccc(Cn2cc(CNC3CC3)cn2)c(Cl)c1. The summed E-state index contributed by atoms with van der Waals surface area (Å²) in [7, 11) is 0. The van der Waals surface area contributed by atoms with Crippen molar-refractivity contribution in [1.82, 2.24) is 15.1 Å². The quantitative estimate of drug-likeness (QED) is 0.908. The third kappa shape index (κ3) is 3.37. The number of rotatable bonds is 5. The van der Waals surface area contributed by atoms with Crippen molar-refractivity contribution in [3.05, 3.63) is 52.3 Å². The van der Waals surface area contributed by atoms with E-state index in [2.05, 4.69) is 28.7 Å². The highest BCUT2D eigenvalue weighted by molar-refractivity contribution is 6.31. The first kappa shape index (κ1) is 12.7. The molecule has 0 amide bonds. The van der Waals surface area contributed by atoms with Crippen molar-refractivity contribution in [2.75, 3.05) is 0 Å². The van der Waals surface area contributed by atoms with Crippen LogP contribution in [0.4, 0.5) is 0 Å². The smallest absolute Gasteiger partial charge is 0.0674 e. The number of hydrogen-bond acceptors (Lipinski definition) is 2. The Morgan fingerprint density at radius 3 is 3.00 bits per heavy atom. The van der Waals surface area contributed by atoms with Crippen LogP contribution >= 0.6 is 11.6 Å². The molecule has 0 atom stereocenters. The maximum Gasteiger partial charge on any atom is 0.0674 e. The van der Waals surface area contributed by atoms with Crippen LogP contribution in [0.5, 0.6) is 0 Å². The molecule has 19 heavy (non-hydrogen) atoms. The fraction of sp³-hybridized carbons (Fsp3) is 0.400. The van der Waals surface area contributed by atoms with Crippen LogP contribution in [-0.4, -0.2) is 15.8 Å². The summed E-state index contributed by atoms with van der Waals surface area (Å²) in [6, 6.07) is 6.88. The first-order valence-electron chi connectivity index (χ1n) is 6.70. The molecule has 1 heterocycles. The summed E-state index contributed by atoms with van der Waals surface area (Å²) in [5, 5.41) is 8.69. The van der Waals surface area contributed by atoms with E-state index >= 15 is 0 Å². The van der Waals surface area contributed by atoms with E-state index in [0.717, 1.165) is 29.7 Å². The lowest BCUT2D eigenvalue weighted by Gasteiger charge is -2.05. The van der Waals surface area contributed by atoms with Crippen LogP contribution in [0.15, 0.2) is 30.6 Å². The van der Waals surface area contributed by atoms with Gasteiger partial charge >= 0.3 is 0 Å². The Morgan fingerprint density at radius 1 is 1.42 bits per heavy atom. The van der Waals surface area contributed by atoms with Gasteiger partial charge in [0.2, 0.25) is 0 Å². The third-order valence-electron chi connectivity index (χ3n) is 3.40. The Labute approximate surface area is 118 Å². The maximum atomic E-state index is 6.24. The molecule has 2 aromatic rings. The average molecular weight is 276 g/mol. The maximum absolute atomic E-state index is 6.24. The minimum atomic E-state index is 0.725. The van der Waals surface area contributed by atoms with Gasteiger partial charge in [0.15, 0.2) is 0 Å². The van der Waals surface area contributed by atoms with Crippen molar-refractivity contribution >= 4 is 11.6 Å². The molecule has 0 spiro atoms. The highest BCUT2D eigenvalue weighted by Gasteiger charge is 2.20. The standard InChI is InChI=1S/C15H18ClN3/c1-11-2-3-13(15(16)6-11)10-19-9-12(8-18-19)7-17-14-4-5-14/h2-3,6,8-9,14,17H,4-5,7,10H2,1H3. The number of aryl methyl sites for hydroxylation is 1. The Morgan fingerprint density at radius 2 is 2.26 bits per heavy atom. The van der Waals surface area contributed by atoms with E-state index in [0.29, 0.717) is 0 Å². The summed E-state index contributed by atoms with van der Waals surface area (Å²) in [4.78, 5) is 0. The molecule has 0 unspecified atom stereocenters. The van der Waals surface area contributed by atoms with Gasteiger partial charge in [-0.2, -0.15) is 5.10 Å². The fourth-order valence-electron chi connectivity index (χ4n) is 2.09. The molecule has 3 rings (SSSR count). The summed E-state index contributed by atoms with van der Waals surface area (Å²) in [6.45, 7) is 3.68. The highest BCUT2D eigenvalue weighted by atomic mass is 35.5. The summed E-state index contributed by atoms with van der Waals surface area (Å²) >= 11 is 6.24. The first-order valence-corrected chi connectivity index (χ1v) is 7.08. The first-order chi connectivity index (χ1) is 9.20. The summed E-state index contributed by atoms with van der Waals surface area (Å²) in [6.07, 6.45) is 6.64. The lowest BCUT2D eigenvalue weighted by atomic mass is 10.1. The molecule has 1 fully saturated rings. The molecule has 1 saturated carbocycles. The van der Waals surface area contributed by atoms with Gasteiger partial charge in [0.05, 0.1) is 12.7 Å². The van der Waals surface area contributed by atoms with E-state index < -0.39 is 0 Å². The van der Waals surface area contributed by atoms with Gasteiger partial charge in [0, 0.05) is 29.4 Å². The molecular formula is C15H18ClN3. The van der Waals surface area contributed by atoms with Crippen LogP contribution in [0.25, 0.3) is 0 Å². The van der Waals surface area contributed by atoms with Crippen LogP contribution in [0.2, 0.25) is 5.02 Å². The molecular weight excluding hydrogens is 258 g/mol. The average Bonchev–Trinajstić information content (AvgIpc) is 3.10. The zero-order valence-electron chi connectivity index (χ0n) is 11.1. The molecule has 100 valence electrons. The van der Waals surface area contributed by atoms with Gasteiger partial charge in [-0.1, -0.05) is 23.7 Å². The van der Waals surface area contributed by atoms with E-state index in [-0.39, 0.29) is 0 Å². The van der Waals surface area contributed by atoms with Crippen LogP contribution in [0, 0.1) is 6.92 Å². The predicted molar refractivity (Wildman–Crippen MR) is 77.4 cm³/mol. The Kier molecular flexibility index (Phi) is 3.58. The van der Waals surface area contributed by atoms with E-state index in [1.54, 1.807) is 0 Å². The number of halogens is 1. The second kappa shape index (κ2) is 5.35. The number of nitrogens with one attached hydrogen (secondary N) is 1. The molecule has 0 aliphatic heterocycles. The lowest BCUT2D eigenvalue weighted by Crippen LogP contribution is -2.14. The zero-order valence-corrected chi connectivity index (χ0v) is 11.8. The van der Waals surface area contributed by atoms with Crippen LogP contribution < -0.4 is 5.32 Å². The monoisotopic (exact) mass is 275 g/mol. The van der Waals surface area contributed by atoms with Crippen LogP contribution in [0.3, 0.4) is 0 Å². The van der Waals surface area contributed by atoms with Crippen molar-refractivity contribution in [3.63, 3.8) is 0 Å². The van der Waals surface area contributed by atoms with Crippen molar-refractivity contribution in [3.8, 4) is 0 Å². The molecule has 1 aliphatic carbocycles. The summed E-state index contributed by atoms with van der Waals surface area (Å²) in [5.41, 5.74) is 3.52. The topological polar surface area (TPSA) is 29.9 Å². The Hall–Kier alpha value is -1.32. The van der Waals surface area contributed by atoms with Gasteiger partial charge < -0.3 is 5.32 Å². The van der Waals surface area contributed by atoms with E-state index in [1.807, 2.05) is 23.9 Å². The minimum absolute atomic E-state index is 0.725. The molecule has 0 radical (unpaired) electrons. The van der Waals surface area contributed by atoms with E-state index in [4.69, 9.17) is 11.6 Å². The minimum Gasteiger partial charge on any atom is -0.310 e. The molecule has 1 aliphatic rings. The molecule has 3 nitrogen and oxygen atoms in total. The van der Waals surface area contributed by atoms with Gasteiger partial charge in [0.25, 0.3) is 0 Å². The number of aromatic nitrogens is 2. The summed E-state index contributed by atoms with van der Waals surface area (Å²) in [5.74, 6) is 0. The normalized spacial score (nSPS) is 14.8. The van der Waals surface area contributed by atoms with Gasteiger partial charge in [-0.25, -0.2) is 0 Å². The fourth-order valence-corrected chi connectivity index (χ4v) is 2.38. The molecule has 4 heteroatoms. The second-order valence-electron chi connectivity index (χ2n) is 5.30. The molecule has 1 aromatic carbocycles. The Balaban J connectivity index is 1.65. The van der Waals surface area contributed by atoms with Crippen molar-refractivity contribution in [2.45, 2.75) is 38.9 Å². The van der Waals surface area contributed by atoms with E-state index in [9.17, 15) is 0 Å². The van der Waals surface area contributed by atoms with Crippen molar-refractivity contribution < 1.29 is 0 Å². The molecule has 0 bridgehead atoms. The van der Waals surface area contributed by atoms with Crippen molar-refractivity contribution in [2.24, 2.45) is 0 Å². The number of hydrogen-bond donors (Lipinski definition) is 1. The molecule has 0 saturated heterocycles. The van der Waals surface area contributed by atoms with Crippen molar-refractivity contribution in [1.29, 1.82) is 0 Å². The van der Waals surface area contributed by atoms with Crippen LogP contribution in [-0.2, 0) is 13.1 Å². The molecule has 1 aromatic heterocycles. The van der Waals surface area contributed by atoms with Gasteiger partial charge in [-0.15, -0.1) is 0 Å². The third-order valence-corrected chi connectivity index (χ3v) is 3.75.